The van der Waals surface area contributed by atoms with Crippen LogP contribution in [0.1, 0.15) is 76.2 Å². The number of amides is 1. The summed E-state index contributed by atoms with van der Waals surface area (Å²) in [6.45, 7) is 13.0. The standard InChI is InChI=1S/C24H36N6O/c1-17(2)29-14-22(25-16-29)21-13-27(10-20-9-26-30(12-20)18(3)4)15-24(21)7-8-28(23(24)31)11-19-5-6-19/h9,12,14,16-19,21H,5-8,10-11,13,15H2,1-4H3/t21-,24+/m0/s1. The second-order valence-corrected chi connectivity index (χ2v) is 10.6. The first kappa shape index (κ1) is 20.7. The van der Waals surface area contributed by atoms with Crippen molar-refractivity contribution in [2.45, 2.75) is 71.5 Å². The molecule has 2 atom stereocenters. The molecule has 0 radical (unpaired) electrons. The number of rotatable bonds is 7. The van der Waals surface area contributed by atoms with E-state index in [-0.39, 0.29) is 11.3 Å². The van der Waals surface area contributed by atoms with Crippen LogP contribution in [0.5, 0.6) is 0 Å². The van der Waals surface area contributed by atoms with Gasteiger partial charge in [-0.15, -0.1) is 0 Å². The molecule has 3 aliphatic rings. The molecule has 1 aliphatic carbocycles. The van der Waals surface area contributed by atoms with Crippen molar-refractivity contribution in [1.29, 1.82) is 0 Å². The van der Waals surface area contributed by atoms with E-state index in [1.807, 2.05) is 17.2 Å². The summed E-state index contributed by atoms with van der Waals surface area (Å²) in [5, 5.41) is 4.51. The summed E-state index contributed by atoms with van der Waals surface area (Å²) >= 11 is 0. The average molecular weight is 425 g/mol. The molecule has 2 aromatic rings. The van der Waals surface area contributed by atoms with Gasteiger partial charge in [0.25, 0.3) is 0 Å². The predicted molar refractivity (Wildman–Crippen MR) is 120 cm³/mol. The Bertz CT molecular complexity index is 942. The summed E-state index contributed by atoms with van der Waals surface area (Å²) in [6.07, 6.45) is 11.7. The molecule has 0 aromatic carbocycles. The number of nitrogens with zero attached hydrogens (tertiary/aromatic N) is 6. The van der Waals surface area contributed by atoms with E-state index in [0.717, 1.165) is 50.8 Å². The van der Waals surface area contributed by atoms with Gasteiger partial charge in [0.15, 0.2) is 0 Å². The van der Waals surface area contributed by atoms with Crippen molar-refractivity contribution in [2.24, 2.45) is 11.3 Å². The minimum atomic E-state index is -0.334. The quantitative estimate of drug-likeness (QED) is 0.683. The van der Waals surface area contributed by atoms with E-state index in [1.165, 1.54) is 18.4 Å². The Hall–Kier alpha value is -2.15. The number of carbonyl (C=O) groups excluding carboxylic acids is 1. The fourth-order valence-corrected chi connectivity index (χ4v) is 5.43. The maximum atomic E-state index is 13.8. The Labute approximate surface area is 185 Å². The van der Waals surface area contributed by atoms with Gasteiger partial charge in [-0.25, -0.2) is 4.98 Å². The van der Waals surface area contributed by atoms with Gasteiger partial charge in [-0.2, -0.15) is 5.10 Å². The lowest BCUT2D eigenvalue weighted by atomic mass is 9.75. The second kappa shape index (κ2) is 7.76. The van der Waals surface area contributed by atoms with Crippen molar-refractivity contribution >= 4 is 5.91 Å². The molecule has 7 nitrogen and oxygen atoms in total. The zero-order chi connectivity index (χ0) is 21.8. The van der Waals surface area contributed by atoms with Gasteiger partial charge in [0.1, 0.15) is 0 Å². The molecule has 5 rings (SSSR count). The number of likely N-dealkylation sites (tertiary alicyclic amines) is 2. The topological polar surface area (TPSA) is 59.2 Å². The number of carbonyl (C=O) groups is 1. The molecule has 1 spiro atoms. The molecule has 2 saturated heterocycles. The van der Waals surface area contributed by atoms with Crippen molar-refractivity contribution in [2.75, 3.05) is 26.2 Å². The van der Waals surface area contributed by atoms with Crippen molar-refractivity contribution in [3.63, 3.8) is 0 Å². The molecule has 0 bridgehead atoms. The van der Waals surface area contributed by atoms with Gasteiger partial charge >= 0.3 is 0 Å². The highest BCUT2D eigenvalue weighted by atomic mass is 16.2. The van der Waals surface area contributed by atoms with Crippen LogP contribution in [-0.2, 0) is 11.3 Å². The molecule has 7 heteroatoms. The minimum Gasteiger partial charge on any atom is -0.342 e. The fourth-order valence-electron chi connectivity index (χ4n) is 5.43. The Morgan fingerprint density at radius 2 is 1.97 bits per heavy atom. The van der Waals surface area contributed by atoms with Gasteiger partial charge in [0.05, 0.1) is 23.6 Å². The highest BCUT2D eigenvalue weighted by molar-refractivity contribution is 5.87. The number of aromatic nitrogens is 4. The first-order valence-corrected chi connectivity index (χ1v) is 11.9. The molecule has 1 amide bonds. The summed E-state index contributed by atoms with van der Waals surface area (Å²) < 4.78 is 4.18. The molecule has 0 unspecified atom stereocenters. The van der Waals surface area contributed by atoms with Crippen molar-refractivity contribution in [1.82, 2.24) is 29.1 Å². The molecular weight excluding hydrogens is 388 g/mol. The van der Waals surface area contributed by atoms with Crippen molar-refractivity contribution < 1.29 is 4.79 Å². The molecule has 0 N–H and O–H groups in total. The highest BCUT2D eigenvalue weighted by Gasteiger charge is 2.58. The molecule has 3 fully saturated rings. The van der Waals surface area contributed by atoms with Crippen molar-refractivity contribution in [3.05, 3.63) is 36.2 Å². The van der Waals surface area contributed by atoms with Gasteiger partial charge < -0.3 is 9.47 Å². The molecule has 1 saturated carbocycles. The van der Waals surface area contributed by atoms with Crippen LogP contribution in [0.2, 0.25) is 0 Å². The van der Waals surface area contributed by atoms with Crippen LogP contribution in [0.15, 0.2) is 24.9 Å². The first-order valence-electron chi connectivity index (χ1n) is 11.9. The monoisotopic (exact) mass is 424 g/mol. The zero-order valence-electron chi connectivity index (χ0n) is 19.4. The summed E-state index contributed by atoms with van der Waals surface area (Å²) in [6, 6.07) is 0.737. The van der Waals surface area contributed by atoms with Crippen LogP contribution in [0.25, 0.3) is 0 Å². The Balaban J connectivity index is 1.40. The fraction of sp³-hybridized carbons (Fsp3) is 0.708. The number of imidazole rings is 1. The van der Waals surface area contributed by atoms with Gasteiger partial charge in [-0.05, 0) is 52.9 Å². The molecule has 2 aromatic heterocycles. The van der Waals surface area contributed by atoms with E-state index in [2.05, 4.69) is 59.6 Å². The second-order valence-electron chi connectivity index (χ2n) is 10.6. The molecule has 168 valence electrons. The normalized spacial score (nSPS) is 27.0. The Morgan fingerprint density at radius 3 is 2.61 bits per heavy atom. The number of hydrogen-bond donors (Lipinski definition) is 0. The maximum absolute atomic E-state index is 13.8. The van der Waals surface area contributed by atoms with Crippen LogP contribution < -0.4 is 0 Å². The Morgan fingerprint density at radius 1 is 1.16 bits per heavy atom. The molecule has 4 heterocycles. The predicted octanol–water partition coefficient (Wildman–Crippen LogP) is 3.47. The summed E-state index contributed by atoms with van der Waals surface area (Å²) in [7, 11) is 0. The lowest BCUT2D eigenvalue weighted by Crippen LogP contribution is -2.40. The summed E-state index contributed by atoms with van der Waals surface area (Å²) in [5.41, 5.74) is 1.97. The van der Waals surface area contributed by atoms with E-state index >= 15 is 0 Å². The third-order valence-corrected chi connectivity index (χ3v) is 7.50. The summed E-state index contributed by atoms with van der Waals surface area (Å²) in [5.74, 6) is 1.25. The minimum absolute atomic E-state index is 0.157. The smallest absolute Gasteiger partial charge is 0.230 e. The van der Waals surface area contributed by atoms with Crippen LogP contribution in [0.3, 0.4) is 0 Å². The van der Waals surface area contributed by atoms with E-state index < -0.39 is 0 Å². The Kier molecular flexibility index (Phi) is 5.19. The molecule has 2 aliphatic heterocycles. The van der Waals surface area contributed by atoms with E-state index in [9.17, 15) is 4.79 Å². The SMILES string of the molecule is CC(C)n1cnc([C@@H]2CN(Cc3cnn(C(C)C)c3)C[C@]23CCN(CC2CC2)C3=O)c1. The lowest BCUT2D eigenvalue weighted by Gasteiger charge is -2.28. The maximum Gasteiger partial charge on any atom is 0.230 e. The van der Waals surface area contributed by atoms with Gasteiger partial charge in [0.2, 0.25) is 5.91 Å². The van der Waals surface area contributed by atoms with E-state index in [4.69, 9.17) is 4.98 Å². The molecule has 31 heavy (non-hydrogen) atoms. The third-order valence-electron chi connectivity index (χ3n) is 7.50. The van der Waals surface area contributed by atoms with E-state index in [1.54, 1.807) is 0 Å². The summed E-state index contributed by atoms with van der Waals surface area (Å²) in [4.78, 5) is 23.2. The van der Waals surface area contributed by atoms with Crippen molar-refractivity contribution in [3.8, 4) is 0 Å². The van der Waals surface area contributed by atoms with Crippen LogP contribution in [0.4, 0.5) is 0 Å². The number of hydrogen-bond acceptors (Lipinski definition) is 4. The lowest BCUT2D eigenvalue weighted by molar-refractivity contribution is -0.136. The van der Waals surface area contributed by atoms with Gasteiger partial charge in [-0.3, -0.25) is 14.4 Å². The third kappa shape index (κ3) is 3.81. The highest BCUT2D eigenvalue weighted by Crippen LogP contribution is 2.50. The zero-order valence-corrected chi connectivity index (χ0v) is 19.4. The van der Waals surface area contributed by atoms with Crippen LogP contribution in [0, 0.1) is 11.3 Å². The molecular formula is C24H36N6O. The van der Waals surface area contributed by atoms with Gasteiger partial charge in [0, 0.05) is 68.7 Å². The first-order chi connectivity index (χ1) is 14.9. The largest absolute Gasteiger partial charge is 0.342 e. The van der Waals surface area contributed by atoms with E-state index in [0.29, 0.717) is 18.0 Å². The van der Waals surface area contributed by atoms with Gasteiger partial charge in [-0.1, -0.05) is 0 Å². The van der Waals surface area contributed by atoms with Crippen LogP contribution >= 0.6 is 0 Å². The average Bonchev–Trinajstić information content (AvgIpc) is 3.11. The van der Waals surface area contributed by atoms with Crippen LogP contribution in [-0.4, -0.2) is 61.2 Å².